The van der Waals surface area contributed by atoms with E-state index in [1.807, 2.05) is 37.4 Å². The van der Waals surface area contributed by atoms with Crippen LogP contribution in [0.25, 0.3) is 0 Å². The summed E-state index contributed by atoms with van der Waals surface area (Å²) in [6.07, 6.45) is 4.12. The molecule has 1 aromatic carbocycles. The maximum Gasteiger partial charge on any atom is 0.165 e. The smallest absolute Gasteiger partial charge is 0.165 e. The molecule has 2 aliphatic heterocycles. The summed E-state index contributed by atoms with van der Waals surface area (Å²) in [5, 5.41) is 3.33. The van der Waals surface area contributed by atoms with Crippen LogP contribution in [0.3, 0.4) is 0 Å². The van der Waals surface area contributed by atoms with E-state index in [4.69, 9.17) is 19.2 Å². The molecule has 166 valence electrons. The molecule has 7 heteroatoms. The van der Waals surface area contributed by atoms with Crippen LogP contribution in [0, 0.1) is 6.92 Å². The summed E-state index contributed by atoms with van der Waals surface area (Å²) < 4.78 is 17.1. The lowest BCUT2D eigenvalue weighted by molar-refractivity contribution is 0.169. The zero-order chi connectivity index (χ0) is 21.9. The second-order valence-corrected chi connectivity index (χ2v) is 8.20. The van der Waals surface area contributed by atoms with Crippen molar-refractivity contribution in [3.63, 3.8) is 0 Å². The van der Waals surface area contributed by atoms with Gasteiger partial charge in [-0.2, -0.15) is 0 Å². The molecule has 0 amide bonds. The van der Waals surface area contributed by atoms with Crippen molar-refractivity contribution >= 4 is 11.5 Å². The summed E-state index contributed by atoms with van der Waals surface area (Å²) in [4.78, 5) is 11.7. The Hall–Kier alpha value is -3.32. The maximum atomic E-state index is 5.79. The summed E-state index contributed by atoms with van der Waals surface area (Å²) in [5.41, 5.74) is 4.11. The largest absolute Gasteiger partial charge is 0.496 e. The van der Waals surface area contributed by atoms with E-state index in [1.165, 1.54) is 0 Å². The summed E-state index contributed by atoms with van der Waals surface area (Å²) in [6, 6.07) is 14.4. The molecule has 7 nitrogen and oxygen atoms in total. The van der Waals surface area contributed by atoms with Gasteiger partial charge < -0.3 is 19.5 Å². The van der Waals surface area contributed by atoms with Crippen molar-refractivity contribution in [1.29, 1.82) is 0 Å². The van der Waals surface area contributed by atoms with Gasteiger partial charge >= 0.3 is 0 Å². The summed E-state index contributed by atoms with van der Waals surface area (Å²) in [5.74, 6) is 3.20. The van der Waals surface area contributed by atoms with Crippen LogP contribution >= 0.6 is 0 Å². The molecule has 2 aliphatic rings. The number of nitrogens with one attached hydrogen (secondary N) is 1. The van der Waals surface area contributed by atoms with Gasteiger partial charge in [0, 0.05) is 23.9 Å². The van der Waals surface area contributed by atoms with Crippen molar-refractivity contribution in [2.75, 3.05) is 32.2 Å². The first kappa shape index (κ1) is 20.6. The van der Waals surface area contributed by atoms with E-state index >= 15 is 0 Å². The Bertz CT molecular complexity index is 1090. The minimum Gasteiger partial charge on any atom is -0.496 e. The molecule has 0 spiro atoms. The molecule has 3 aromatic rings. The third kappa shape index (κ3) is 4.34. The van der Waals surface area contributed by atoms with E-state index in [0.717, 1.165) is 71.6 Å². The van der Waals surface area contributed by atoms with E-state index in [-0.39, 0.29) is 6.04 Å². The fraction of sp³-hybridized carbons (Fsp3) is 0.360. The lowest BCUT2D eigenvalue weighted by Crippen LogP contribution is -2.24. The second-order valence-electron chi connectivity index (χ2n) is 8.20. The van der Waals surface area contributed by atoms with Crippen molar-refractivity contribution < 1.29 is 14.2 Å². The van der Waals surface area contributed by atoms with Crippen LogP contribution in [0.15, 0.2) is 48.7 Å². The quantitative estimate of drug-likeness (QED) is 0.608. The molecule has 1 saturated heterocycles. The van der Waals surface area contributed by atoms with E-state index in [0.29, 0.717) is 13.2 Å². The van der Waals surface area contributed by atoms with Crippen LogP contribution in [-0.4, -0.2) is 41.7 Å². The van der Waals surface area contributed by atoms with Gasteiger partial charge in [0.2, 0.25) is 0 Å². The third-order valence-electron chi connectivity index (χ3n) is 5.97. The van der Waals surface area contributed by atoms with Crippen LogP contribution < -0.4 is 19.5 Å². The number of methoxy groups -OCH3 is 1. The molecule has 1 atom stereocenters. The van der Waals surface area contributed by atoms with E-state index in [1.54, 1.807) is 7.11 Å². The molecule has 4 heterocycles. The molecule has 0 radical (unpaired) electrons. The van der Waals surface area contributed by atoms with E-state index in [2.05, 4.69) is 33.4 Å². The monoisotopic (exact) mass is 432 g/mol. The van der Waals surface area contributed by atoms with Crippen LogP contribution in [-0.2, 0) is 6.54 Å². The minimum absolute atomic E-state index is 0.277. The topological polar surface area (TPSA) is 68.7 Å². The number of rotatable bonds is 6. The van der Waals surface area contributed by atoms with Crippen molar-refractivity contribution in [3.8, 4) is 17.2 Å². The number of aromatic nitrogens is 2. The zero-order valence-electron chi connectivity index (χ0n) is 18.5. The fourth-order valence-corrected chi connectivity index (χ4v) is 4.43. The normalized spacial score (nSPS) is 17.9. The van der Waals surface area contributed by atoms with Gasteiger partial charge in [0.15, 0.2) is 11.5 Å². The van der Waals surface area contributed by atoms with Gasteiger partial charge in [0.25, 0.3) is 0 Å². The molecule has 2 aromatic heterocycles. The number of anilines is 2. The summed E-state index contributed by atoms with van der Waals surface area (Å²) in [6.45, 7) is 4.93. The summed E-state index contributed by atoms with van der Waals surface area (Å²) in [7, 11) is 1.70. The first-order chi connectivity index (χ1) is 15.7. The Morgan fingerprint density at radius 3 is 2.72 bits per heavy atom. The van der Waals surface area contributed by atoms with E-state index in [9.17, 15) is 0 Å². The SMILES string of the molecule is COc1cc2c(cc1CN1CCCC1c1ccc(Nc3cccc(C)n3)cn1)OCCO2. The van der Waals surface area contributed by atoms with Crippen molar-refractivity contribution in [2.24, 2.45) is 0 Å². The van der Waals surface area contributed by atoms with Crippen molar-refractivity contribution in [2.45, 2.75) is 32.4 Å². The Morgan fingerprint density at radius 2 is 1.97 bits per heavy atom. The van der Waals surface area contributed by atoms with Crippen molar-refractivity contribution in [1.82, 2.24) is 14.9 Å². The first-order valence-electron chi connectivity index (χ1n) is 11.1. The maximum absolute atomic E-state index is 5.79. The highest BCUT2D eigenvalue weighted by Crippen LogP contribution is 2.39. The van der Waals surface area contributed by atoms with Gasteiger partial charge in [0.1, 0.15) is 24.8 Å². The minimum atomic E-state index is 0.277. The molecule has 0 bridgehead atoms. The number of nitrogens with zero attached hydrogens (tertiary/aromatic N) is 3. The highest BCUT2D eigenvalue weighted by atomic mass is 16.6. The molecular formula is C25H28N4O3. The van der Waals surface area contributed by atoms with Crippen LogP contribution in [0.4, 0.5) is 11.5 Å². The predicted octanol–water partition coefficient (Wildman–Crippen LogP) is 4.65. The Balaban J connectivity index is 1.32. The van der Waals surface area contributed by atoms with E-state index < -0.39 is 0 Å². The molecule has 1 fully saturated rings. The predicted molar refractivity (Wildman–Crippen MR) is 123 cm³/mol. The van der Waals surface area contributed by atoms with Gasteiger partial charge in [-0.05, 0) is 56.6 Å². The van der Waals surface area contributed by atoms with Crippen molar-refractivity contribution in [3.05, 3.63) is 65.6 Å². The Morgan fingerprint density at radius 1 is 1.12 bits per heavy atom. The average molecular weight is 433 g/mol. The summed E-state index contributed by atoms with van der Waals surface area (Å²) >= 11 is 0. The number of pyridine rings is 2. The van der Waals surface area contributed by atoms with Crippen LogP contribution in [0.1, 0.15) is 35.8 Å². The Labute approximate surface area is 188 Å². The third-order valence-corrected chi connectivity index (χ3v) is 5.97. The zero-order valence-corrected chi connectivity index (χ0v) is 18.5. The standard InChI is InChI=1S/C25H28N4O3/c1-17-5-3-7-25(27-17)28-19-8-9-20(26-15-19)21-6-4-10-29(21)16-18-13-23-24(14-22(18)30-2)32-12-11-31-23/h3,5,7-9,13-15,21H,4,6,10-12,16H2,1-2H3,(H,27,28). The average Bonchev–Trinajstić information content (AvgIpc) is 3.27. The fourth-order valence-electron chi connectivity index (χ4n) is 4.43. The van der Waals surface area contributed by atoms with Gasteiger partial charge in [0.05, 0.1) is 30.7 Å². The second kappa shape index (κ2) is 9.04. The molecule has 5 rings (SSSR count). The highest BCUT2D eigenvalue weighted by Gasteiger charge is 2.28. The van der Waals surface area contributed by atoms with Gasteiger partial charge in [-0.1, -0.05) is 6.07 Å². The molecule has 0 aliphatic carbocycles. The molecule has 0 saturated carbocycles. The number of likely N-dealkylation sites (tertiary alicyclic amines) is 1. The molecule has 1 unspecified atom stereocenters. The van der Waals surface area contributed by atoms with Crippen LogP contribution in [0.5, 0.6) is 17.2 Å². The Kier molecular flexibility index (Phi) is 5.81. The van der Waals surface area contributed by atoms with Gasteiger partial charge in [-0.25, -0.2) is 4.98 Å². The van der Waals surface area contributed by atoms with Crippen LogP contribution in [0.2, 0.25) is 0 Å². The molecule has 32 heavy (non-hydrogen) atoms. The number of aryl methyl sites for hydroxylation is 1. The molecular weight excluding hydrogens is 404 g/mol. The number of fused-ring (bicyclic) bond motifs is 1. The molecule has 1 N–H and O–H groups in total. The number of hydrogen-bond acceptors (Lipinski definition) is 7. The number of benzene rings is 1. The lowest BCUT2D eigenvalue weighted by atomic mass is 10.1. The first-order valence-corrected chi connectivity index (χ1v) is 11.1. The van der Waals surface area contributed by atoms with Gasteiger partial charge in [-0.3, -0.25) is 9.88 Å². The number of hydrogen-bond donors (Lipinski definition) is 1. The number of ether oxygens (including phenoxy) is 3. The lowest BCUT2D eigenvalue weighted by Gasteiger charge is -2.26. The highest BCUT2D eigenvalue weighted by molar-refractivity contribution is 5.55. The van der Waals surface area contributed by atoms with Gasteiger partial charge in [-0.15, -0.1) is 0 Å².